The van der Waals surface area contributed by atoms with E-state index in [-0.39, 0.29) is 17.8 Å². The molecule has 1 aromatic carbocycles. The highest BCUT2D eigenvalue weighted by Crippen LogP contribution is 2.73. The molecule has 6 atom stereocenters. The molecule has 7 nitrogen and oxygen atoms in total. The van der Waals surface area contributed by atoms with Crippen LogP contribution in [-0.4, -0.2) is 61.6 Å². The van der Waals surface area contributed by atoms with Gasteiger partial charge in [0.1, 0.15) is 0 Å². The van der Waals surface area contributed by atoms with Crippen LogP contribution in [0.5, 0.6) is 0 Å². The molecule has 1 unspecified atom stereocenters. The van der Waals surface area contributed by atoms with Gasteiger partial charge in [0.05, 0.1) is 36.8 Å². The minimum atomic E-state index is -0.980. The Labute approximate surface area is 175 Å². The van der Waals surface area contributed by atoms with Crippen LogP contribution in [0, 0.1) is 11.3 Å². The van der Waals surface area contributed by atoms with Crippen molar-refractivity contribution in [1.29, 1.82) is 0 Å². The van der Waals surface area contributed by atoms with Crippen LogP contribution in [-0.2, 0) is 24.5 Å². The average molecular weight is 410 g/mol. The van der Waals surface area contributed by atoms with Gasteiger partial charge in [-0.1, -0.05) is 18.2 Å². The Morgan fingerprint density at radius 1 is 1.03 bits per heavy atom. The first-order valence-corrected chi connectivity index (χ1v) is 10.8. The van der Waals surface area contributed by atoms with Crippen LogP contribution in [0.2, 0.25) is 0 Å². The fourth-order valence-corrected chi connectivity index (χ4v) is 8.20. The van der Waals surface area contributed by atoms with Gasteiger partial charge < -0.3 is 9.47 Å². The number of Topliss-reactive ketones (excluding diaryl/α,β-unsaturated/α-hetero) is 1. The highest BCUT2D eigenvalue weighted by molar-refractivity contribution is 6.10. The maximum absolute atomic E-state index is 14.5. The zero-order chi connectivity index (χ0) is 20.9. The fourth-order valence-electron chi connectivity index (χ4n) is 8.20. The second-order valence-electron chi connectivity index (χ2n) is 9.47. The first kappa shape index (κ1) is 18.4. The summed E-state index contributed by atoms with van der Waals surface area (Å²) in [5, 5.41) is 0. The quantitative estimate of drug-likeness (QED) is 0.661. The number of carbonyl (C=O) groups excluding carboxylic acids is 3. The Morgan fingerprint density at radius 2 is 1.83 bits per heavy atom. The smallest absolute Gasteiger partial charge is 0.414 e. The lowest BCUT2D eigenvalue weighted by Crippen LogP contribution is -2.82. The van der Waals surface area contributed by atoms with Crippen LogP contribution in [0.15, 0.2) is 24.3 Å². The van der Waals surface area contributed by atoms with E-state index in [0.717, 1.165) is 31.5 Å². The predicted molar refractivity (Wildman–Crippen MR) is 107 cm³/mol. The number of hydrogen-bond donors (Lipinski definition) is 0. The van der Waals surface area contributed by atoms with Crippen molar-refractivity contribution in [3.8, 4) is 0 Å². The van der Waals surface area contributed by atoms with E-state index in [4.69, 9.17) is 9.47 Å². The maximum Gasteiger partial charge on any atom is 0.414 e. The number of nitrogens with zero attached hydrogens (tertiary/aromatic N) is 2. The Kier molecular flexibility index (Phi) is 3.45. The number of carbonyl (C=O) groups is 3. The number of anilines is 1. The summed E-state index contributed by atoms with van der Waals surface area (Å²) in [7, 11) is 2.77. The third-order valence-electron chi connectivity index (χ3n) is 8.98. The number of para-hydroxylation sites is 1. The van der Waals surface area contributed by atoms with Gasteiger partial charge in [-0.25, -0.2) is 4.79 Å². The van der Waals surface area contributed by atoms with Crippen molar-refractivity contribution in [2.24, 2.45) is 11.3 Å². The summed E-state index contributed by atoms with van der Waals surface area (Å²) < 4.78 is 10.6. The Balaban J connectivity index is 1.74. The topological polar surface area (TPSA) is 76.2 Å². The molecule has 4 heterocycles. The molecule has 0 radical (unpaired) electrons. The lowest BCUT2D eigenvalue weighted by Gasteiger charge is -2.67. The summed E-state index contributed by atoms with van der Waals surface area (Å²) >= 11 is 0. The van der Waals surface area contributed by atoms with E-state index in [9.17, 15) is 14.4 Å². The van der Waals surface area contributed by atoms with Gasteiger partial charge in [-0.3, -0.25) is 19.4 Å². The van der Waals surface area contributed by atoms with Gasteiger partial charge in [-0.05, 0) is 56.8 Å². The number of piperidine rings is 1. The second kappa shape index (κ2) is 5.63. The molecule has 3 spiro atoms. The average Bonchev–Trinajstić information content (AvgIpc) is 2.93. The van der Waals surface area contributed by atoms with Crippen LogP contribution < -0.4 is 4.90 Å². The van der Waals surface area contributed by atoms with Crippen molar-refractivity contribution >= 4 is 23.5 Å². The third-order valence-corrected chi connectivity index (χ3v) is 8.98. The van der Waals surface area contributed by atoms with Crippen molar-refractivity contribution in [3.63, 3.8) is 0 Å². The van der Waals surface area contributed by atoms with Gasteiger partial charge in [0.15, 0.2) is 5.78 Å². The van der Waals surface area contributed by atoms with Crippen LogP contribution in [0.25, 0.3) is 0 Å². The largest absolute Gasteiger partial charge is 0.469 e. The van der Waals surface area contributed by atoms with E-state index in [0.29, 0.717) is 24.9 Å². The van der Waals surface area contributed by atoms with Crippen LogP contribution in [0.4, 0.5) is 10.5 Å². The van der Waals surface area contributed by atoms with Gasteiger partial charge in [0.2, 0.25) is 0 Å². The number of esters is 1. The number of hydrogen-bond acceptors (Lipinski definition) is 6. The van der Waals surface area contributed by atoms with Crippen molar-refractivity contribution in [2.75, 3.05) is 32.2 Å². The Hall–Kier alpha value is -2.41. The van der Waals surface area contributed by atoms with Gasteiger partial charge in [-0.15, -0.1) is 0 Å². The van der Waals surface area contributed by atoms with Crippen molar-refractivity contribution < 1.29 is 23.9 Å². The minimum absolute atomic E-state index is 0.225. The zero-order valence-corrected chi connectivity index (χ0v) is 17.3. The number of rotatable bonds is 1. The van der Waals surface area contributed by atoms with E-state index >= 15 is 0 Å². The number of benzene rings is 1. The first-order valence-electron chi connectivity index (χ1n) is 10.8. The molecule has 30 heavy (non-hydrogen) atoms. The number of ketones is 1. The number of ether oxygens (including phenoxy) is 2. The molecule has 0 aromatic heterocycles. The molecule has 1 aromatic rings. The van der Waals surface area contributed by atoms with Gasteiger partial charge >= 0.3 is 12.1 Å². The zero-order valence-electron chi connectivity index (χ0n) is 17.3. The molecular weight excluding hydrogens is 384 g/mol. The number of methoxy groups -OCH3 is 2. The molecule has 3 aliphatic carbocycles. The lowest BCUT2D eigenvalue weighted by atomic mass is 9.38. The fraction of sp³-hybridized carbons (Fsp3) is 0.609. The molecule has 6 fully saturated rings. The molecule has 0 N–H and O–H groups in total. The van der Waals surface area contributed by atoms with Crippen molar-refractivity contribution in [2.45, 2.75) is 49.1 Å². The number of fused-ring (bicyclic) bond motifs is 3. The summed E-state index contributed by atoms with van der Waals surface area (Å²) in [5.74, 6) is -0.674. The normalized spacial score (nSPS) is 42.4. The van der Waals surface area contributed by atoms with Crippen LogP contribution >= 0.6 is 0 Å². The second-order valence-corrected chi connectivity index (χ2v) is 9.47. The minimum Gasteiger partial charge on any atom is -0.469 e. The highest BCUT2D eigenvalue weighted by atomic mass is 16.5. The summed E-state index contributed by atoms with van der Waals surface area (Å²) in [5.41, 5.74) is -0.845. The predicted octanol–water partition coefficient (Wildman–Crippen LogP) is 2.27. The highest BCUT2D eigenvalue weighted by Gasteiger charge is 2.84. The first-order chi connectivity index (χ1) is 14.5. The monoisotopic (exact) mass is 410 g/mol. The van der Waals surface area contributed by atoms with E-state index in [1.807, 2.05) is 24.3 Å². The van der Waals surface area contributed by atoms with Gasteiger partial charge in [0.25, 0.3) is 0 Å². The summed E-state index contributed by atoms with van der Waals surface area (Å²) in [6, 6.07) is 7.44. The van der Waals surface area contributed by atoms with Crippen molar-refractivity contribution in [3.05, 3.63) is 29.8 Å². The van der Waals surface area contributed by atoms with E-state index in [1.54, 1.807) is 4.90 Å². The van der Waals surface area contributed by atoms with Crippen LogP contribution in [0.3, 0.4) is 0 Å². The third kappa shape index (κ3) is 1.62. The molecule has 8 rings (SSSR count). The van der Waals surface area contributed by atoms with Gasteiger partial charge in [0, 0.05) is 11.5 Å². The van der Waals surface area contributed by atoms with E-state index in [1.165, 1.54) is 14.2 Å². The molecule has 4 aliphatic heterocycles. The SMILES string of the molecule is COC(=O)[C@@H]1[C@@H]2N3CCC[C@@]24CC[C@@]12N(C(=O)OC)c1ccccc1[C@]2(CC3)C4=O. The maximum atomic E-state index is 14.5. The van der Waals surface area contributed by atoms with E-state index in [2.05, 4.69) is 4.90 Å². The number of amides is 1. The molecule has 7 heteroatoms. The van der Waals surface area contributed by atoms with E-state index < -0.39 is 28.4 Å². The molecule has 5 bridgehead atoms. The summed E-state index contributed by atoms with van der Waals surface area (Å²) in [6.07, 6.45) is 3.17. The molecule has 3 saturated heterocycles. The molecular formula is C23H26N2O5. The standard InChI is InChI=1S/C23H26N2O5/c1-29-18(26)16-17-21-8-5-12-24(17)13-11-22(19(21)27)14-6-3-4-7-15(14)25(20(28)30-2)23(16,22)10-9-21/h3-4,6-7,16-17H,5,8-13H2,1-2H3/t16-,17-,21+,22+,23+/m0/s1. The summed E-state index contributed by atoms with van der Waals surface area (Å²) in [6.45, 7) is 1.62. The summed E-state index contributed by atoms with van der Waals surface area (Å²) in [4.78, 5) is 45.2. The Morgan fingerprint density at radius 3 is 2.60 bits per heavy atom. The van der Waals surface area contributed by atoms with Gasteiger partial charge in [-0.2, -0.15) is 0 Å². The van der Waals surface area contributed by atoms with Crippen molar-refractivity contribution in [1.82, 2.24) is 4.90 Å². The molecule has 1 amide bonds. The van der Waals surface area contributed by atoms with Crippen LogP contribution in [0.1, 0.15) is 37.7 Å². The molecule has 3 saturated carbocycles. The molecule has 7 aliphatic rings. The Bertz CT molecular complexity index is 994. The molecule has 158 valence electrons. The lowest BCUT2D eigenvalue weighted by molar-refractivity contribution is -0.183.